The van der Waals surface area contributed by atoms with Crippen molar-refractivity contribution in [3.05, 3.63) is 76.0 Å². The number of likely N-dealkylation sites (tertiary alicyclic amines) is 1. The Labute approximate surface area is 207 Å². The summed E-state index contributed by atoms with van der Waals surface area (Å²) >= 11 is 1.75. The molecule has 3 aromatic heterocycles. The minimum Gasteiger partial charge on any atom is -0.363 e. The molecule has 1 aliphatic heterocycles. The van der Waals surface area contributed by atoms with Gasteiger partial charge in [-0.15, -0.1) is 0 Å². The van der Waals surface area contributed by atoms with Gasteiger partial charge >= 0.3 is 0 Å². The van der Waals surface area contributed by atoms with Crippen molar-refractivity contribution in [2.75, 3.05) is 24.5 Å². The number of amides is 1. The Morgan fingerprint density at radius 3 is 2.59 bits per heavy atom. The van der Waals surface area contributed by atoms with Gasteiger partial charge in [-0.2, -0.15) is 11.3 Å². The first-order valence-electron chi connectivity index (χ1n) is 12.1. The number of piperidine rings is 1. The van der Waals surface area contributed by atoms with E-state index in [-0.39, 0.29) is 5.91 Å². The van der Waals surface area contributed by atoms with Crippen molar-refractivity contribution in [3.8, 4) is 0 Å². The maximum absolute atomic E-state index is 12.7. The second-order valence-electron chi connectivity index (χ2n) is 9.28. The smallest absolute Gasteiger partial charge is 0.251 e. The molecular weight excluding hydrogens is 442 g/mol. The van der Waals surface area contributed by atoms with Gasteiger partial charge < -0.3 is 15.1 Å². The molecule has 3 aromatic rings. The summed E-state index contributed by atoms with van der Waals surface area (Å²) in [6, 6.07) is 7.35. The molecule has 1 saturated heterocycles. The molecule has 4 heterocycles. The molecular formula is C27H35N5OS. The number of nitrogens with zero attached hydrogens (tertiary/aromatic N) is 4. The van der Waals surface area contributed by atoms with E-state index in [1.165, 1.54) is 11.3 Å². The molecule has 7 heteroatoms. The summed E-state index contributed by atoms with van der Waals surface area (Å²) in [4.78, 5) is 26.3. The van der Waals surface area contributed by atoms with Crippen LogP contribution in [0.15, 0.2) is 53.7 Å². The fourth-order valence-corrected chi connectivity index (χ4v) is 5.56. The number of aromatic nitrogens is 2. The average molecular weight is 478 g/mol. The van der Waals surface area contributed by atoms with Crippen LogP contribution in [0.5, 0.6) is 0 Å². The number of carbonyl (C=O) groups excluding carboxylic acids is 1. The molecule has 0 radical (unpaired) electrons. The van der Waals surface area contributed by atoms with E-state index in [1.54, 1.807) is 23.7 Å². The van der Waals surface area contributed by atoms with Gasteiger partial charge in [0.1, 0.15) is 0 Å². The monoisotopic (exact) mass is 477 g/mol. The molecule has 1 atom stereocenters. The molecule has 1 unspecified atom stereocenters. The van der Waals surface area contributed by atoms with Gasteiger partial charge in [0.2, 0.25) is 0 Å². The summed E-state index contributed by atoms with van der Waals surface area (Å²) in [6.07, 6.45) is 10.5. The fraction of sp³-hybridized carbons (Fsp3) is 0.444. The molecule has 4 rings (SSSR count). The number of anilines is 1. The Balaban J connectivity index is 1.28. The van der Waals surface area contributed by atoms with Gasteiger partial charge in [0.25, 0.3) is 5.91 Å². The van der Waals surface area contributed by atoms with Crippen LogP contribution in [-0.4, -0.2) is 52.5 Å². The Kier molecular flexibility index (Phi) is 8.29. The topological polar surface area (TPSA) is 61.4 Å². The van der Waals surface area contributed by atoms with Crippen molar-refractivity contribution in [1.82, 2.24) is 20.2 Å². The number of rotatable bonds is 9. The van der Waals surface area contributed by atoms with E-state index in [1.807, 2.05) is 32.3 Å². The van der Waals surface area contributed by atoms with E-state index in [0.29, 0.717) is 18.6 Å². The summed E-state index contributed by atoms with van der Waals surface area (Å²) in [5.41, 5.74) is 5.16. The van der Waals surface area contributed by atoms with Crippen molar-refractivity contribution in [2.24, 2.45) is 0 Å². The minimum atomic E-state index is 0.00357. The number of carbonyl (C=O) groups is 1. The van der Waals surface area contributed by atoms with Crippen molar-refractivity contribution >= 4 is 22.9 Å². The van der Waals surface area contributed by atoms with Gasteiger partial charge in [-0.1, -0.05) is 0 Å². The Bertz CT molecular complexity index is 1030. The molecule has 0 aliphatic carbocycles. The van der Waals surface area contributed by atoms with Gasteiger partial charge in [-0.25, -0.2) is 0 Å². The third-order valence-electron chi connectivity index (χ3n) is 6.87. The summed E-state index contributed by atoms with van der Waals surface area (Å²) in [7, 11) is 0. The largest absolute Gasteiger partial charge is 0.363 e. The maximum atomic E-state index is 12.7. The highest BCUT2D eigenvalue weighted by Gasteiger charge is 2.27. The number of aryl methyl sites for hydroxylation is 2. The molecule has 1 amide bonds. The normalized spacial score (nSPS) is 15.7. The first kappa shape index (κ1) is 24.4. The maximum Gasteiger partial charge on any atom is 0.251 e. The summed E-state index contributed by atoms with van der Waals surface area (Å²) in [6.45, 7) is 9.91. The summed E-state index contributed by atoms with van der Waals surface area (Å²) < 4.78 is 0. The molecule has 34 heavy (non-hydrogen) atoms. The zero-order valence-electron chi connectivity index (χ0n) is 20.4. The molecule has 6 nitrogen and oxygen atoms in total. The van der Waals surface area contributed by atoms with Gasteiger partial charge in [-0.05, 0) is 85.7 Å². The van der Waals surface area contributed by atoms with Gasteiger partial charge in [0.05, 0.1) is 11.9 Å². The first-order valence-corrected chi connectivity index (χ1v) is 13.1. The highest BCUT2D eigenvalue weighted by molar-refractivity contribution is 7.07. The predicted molar refractivity (Wildman–Crippen MR) is 139 cm³/mol. The third kappa shape index (κ3) is 6.02. The zero-order valence-corrected chi connectivity index (χ0v) is 21.2. The van der Waals surface area contributed by atoms with E-state index in [4.69, 9.17) is 0 Å². The third-order valence-corrected chi connectivity index (χ3v) is 7.61. The van der Waals surface area contributed by atoms with Crippen LogP contribution in [0.1, 0.15) is 53.2 Å². The van der Waals surface area contributed by atoms with Crippen LogP contribution in [0.2, 0.25) is 0 Å². The second kappa shape index (κ2) is 11.6. The van der Waals surface area contributed by atoms with Crippen LogP contribution in [0.3, 0.4) is 0 Å². The fourth-order valence-electron chi connectivity index (χ4n) is 4.90. The lowest BCUT2D eigenvalue weighted by atomic mass is 9.99. The lowest BCUT2D eigenvalue weighted by Gasteiger charge is -2.41. The van der Waals surface area contributed by atoms with Crippen LogP contribution in [-0.2, 0) is 6.54 Å². The molecule has 0 bridgehead atoms. The van der Waals surface area contributed by atoms with Crippen LogP contribution in [0, 0.1) is 13.8 Å². The molecule has 0 saturated carbocycles. The molecule has 1 aliphatic rings. The van der Waals surface area contributed by atoms with Crippen LogP contribution in [0.25, 0.3) is 0 Å². The highest BCUT2D eigenvalue weighted by atomic mass is 32.1. The zero-order chi connectivity index (χ0) is 23.9. The summed E-state index contributed by atoms with van der Waals surface area (Å²) in [5.74, 6) is 0.00357. The van der Waals surface area contributed by atoms with Crippen LogP contribution in [0.4, 0.5) is 5.69 Å². The summed E-state index contributed by atoms with van der Waals surface area (Å²) in [5, 5.41) is 7.51. The lowest BCUT2D eigenvalue weighted by Crippen LogP contribution is -2.48. The van der Waals surface area contributed by atoms with Gasteiger partial charge in [0, 0.05) is 62.4 Å². The van der Waals surface area contributed by atoms with E-state index in [2.05, 4.69) is 54.9 Å². The SMILES string of the molecule is Cc1cncc(C)c1C(=O)NCCC(C)N1CCC(N(Cc2ccsc2)c2cccnc2)CC1. The van der Waals surface area contributed by atoms with Crippen molar-refractivity contribution in [1.29, 1.82) is 0 Å². The molecule has 0 aromatic carbocycles. The van der Waals surface area contributed by atoms with Crippen molar-refractivity contribution in [3.63, 3.8) is 0 Å². The number of hydrogen-bond acceptors (Lipinski definition) is 6. The standard InChI is InChI=1S/C27H35N5OS/c1-20-15-29-16-21(2)26(20)27(33)30-11-6-22(3)31-12-7-24(8-13-31)32(18-23-9-14-34-19-23)25-5-4-10-28-17-25/h4-5,9-10,14-17,19,22,24H,6-8,11-13,18H2,1-3H3,(H,30,33). The Morgan fingerprint density at radius 1 is 1.18 bits per heavy atom. The van der Waals surface area contributed by atoms with E-state index >= 15 is 0 Å². The quantitative estimate of drug-likeness (QED) is 0.478. The highest BCUT2D eigenvalue weighted by Crippen LogP contribution is 2.27. The molecule has 1 N–H and O–H groups in total. The molecule has 0 spiro atoms. The number of pyridine rings is 2. The lowest BCUT2D eigenvalue weighted by molar-refractivity contribution is 0.0943. The van der Waals surface area contributed by atoms with Crippen LogP contribution >= 0.6 is 11.3 Å². The van der Waals surface area contributed by atoms with Gasteiger partial charge in [-0.3, -0.25) is 14.8 Å². The Morgan fingerprint density at radius 2 is 1.94 bits per heavy atom. The van der Waals surface area contributed by atoms with E-state index in [0.717, 1.165) is 55.6 Å². The van der Waals surface area contributed by atoms with E-state index in [9.17, 15) is 4.79 Å². The molecule has 1 fully saturated rings. The Hall–Kier alpha value is -2.77. The molecule has 180 valence electrons. The van der Waals surface area contributed by atoms with E-state index < -0.39 is 0 Å². The first-order chi connectivity index (χ1) is 16.5. The van der Waals surface area contributed by atoms with Crippen molar-refractivity contribution < 1.29 is 4.79 Å². The average Bonchev–Trinajstić information content (AvgIpc) is 3.36. The number of nitrogens with one attached hydrogen (secondary N) is 1. The predicted octanol–water partition coefficient (Wildman–Crippen LogP) is 4.83. The number of thiophene rings is 1. The van der Waals surface area contributed by atoms with Gasteiger partial charge in [0.15, 0.2) is 0 Å². The second-order valence-corrected chi connectivity index (χ2v) is 10.1. The van der Waals surface area contributed by atoms with Crippen molar-refractivity contribution in [2.45, 2.75) is 58.7 Å². The number of hydrogen-bond donors (Lipinski definition) is 1. The van der Waals surface area contributed by atoms with Crippen LogP contribution < -0.4 is 10.2 Å². The minimum absolute atomic E-state index is 0.00357.